The molecule has 6 nitrogen and oxygen atoms in total. The summed E-state index contributed by atoms with van der Waals surface area (Å²) in [4.78, 5) is 14.1. The van der Waals surface area contributed by atoms with Crippen LogP contribution in [0.5, 0.6) is 0 Å². The zero-order chi connectivity index (χ0) is 15.0. The number of carbonyl (C=O) groups is 1. The third-order valence-corrected chi connectivity index (χ3v) is 3.64. The van der Waals surface area contributed by atoms with Gasteiger partial charge in [0.05, 0.1) is 0 Å². The second kappa shape index (κ2) is 8.71. The molecule has 0 saturated heterocycles. The Kier molecular flexibility index (Phi) is 7.65. The van der Waals surface area contributed by atoms with Gasteiger partial charge in [0, 0.05) is 30.4 Å². The summed E-state index contributed by atoms with van der Waals surface area (Å²) in [6.07, 6.45) is 5.27. The molecule has 1 saturated carbocycles. The first-order valence-corrected chi connectivity index (χ1v) is 7.94. The lowest BCUT2D eigenvalue weighted by atomic mass is 9.94. The van der Waals surface area contributed by atoms with Crippen molar-refractivity contribution in [1.82, 2.24) is 4.90 Å². The Balaban J connectivity index is 2.55. The molecule has 1 N–H and O–H groups in total. The van der Waals surface area contributed by atoms with E-state index in [0.717, 1.165) is 37.7 Å². The maximum atomic E-state index is 12.3. The van der Waals surface area contributed by atoms with Crippen LogP contribution in [0.25, 0.3) is 0 Å². The molecule has 0 heterocycles. The molecule has 118 valence electrons. The Morgan fingerprint density at radius 3 is 2.50 bits per heavy atom. The fraction of sp³-hybridized carbons (Fsp3) is 0.923. The van der Waals surface area contributed by atoms with Gasteiger partial charge in [0.15, 0.2) is 0 Å². The zero-order valence-electron chi connectivity index (χ0n) is 12.5. The van der Waals surface area contributed by atoms with Gasteiger partial charge < -0.3 is 9.64 Å². The Hall–Kier alpha value is -0.500. The molecular formula is C13H25NO5S. The summed E-state index contributed by atoms with van der Waals surface area (Å²) in [5.41, 5.74) is -0.498. The predicted octanol–water partition coefficient (Wildman–Crippen LogP) is 3.63. The highest BCUT2D eigenvalue weighted by atomic mass is 32.2. The average Bonchev–Trinajstić information content (AvgIpc) is 2.37. The smallest absolute Gasteiger partial charge is 0.410 e. The minimum atomic E-state index is -0.498. The van der Waals surface area contributed by atoms with Crippen LogP contribution >= 0.6 is 12.0 Å². The number of nitrogens with zero attached hydrogens (tertiary/aromatic N) is 1. The van der Waals surface area contributed by atoms with Crippen molar-refractivity contribution < 1.29 is 24.2 Å². The minimum absolute atomic E-state index is 0.231. The van der Waals surface area contributed by atoms with Crippen LogP contribution in [0.4, 0.5) is 4.79 Å². The van der Waals surface area contributed by atoms with Crippen LogP contribution in [0.15, 0.2) is 0 Å². The predicted molar refractivity (Wildman–Crippen MR) is 77.1 cm³/mol. The number of hydrogen-bond acceptors (Lipinski definition) is 6. The largest absolute Gasteiger partial charge is 0.444 e. The Morgan fingerprint density at radius 1 is 1.30 bits per heavy atom. The summed E-state index contributed by atoms with van der Waals surface area (Å²) in [5, 5.41) is 11.6. The van der Waals surface area contributed by atoms with Gasteiger partial charge in [-0.2, -0.15) is 0 Å². The SMILES string of the molecule is CC(C)(C)OC(=O)N(CCSOOO)C1CCCCC1. The molecule has 0 spiro atoms. The highest BCUT2D eigenvalue weighted by Crippen LogP contribution is 2.24. The fourth-order valence-electron chi connectivity index (χ4n) is 2.33. The molecule has 1 aliphatic carbocycles. The summed E-state index contributed by atoms with van der Waals surface area (Å²) in [5.74, 6) is 0.510. The van der Waals surface area contributed by atoms with Gasteiger partial charge in [-0.05, 0) is 33.6 Å². The minimum Gasteiger partial charge on any atom is -0.444 e. The maximum Gasteiger partial charge on any atom is 0.410 e. The molecule has 1 aliphatic rings. The number of amides is 1. The summed E-state index contributed by atoms with van der Waals surface area (Å²) < 4.78 is 9.81. The molecule has 0 bridgehead atoms. The van der Waals surface area contributed by atoms with Gasteiger partial charge in [-0.15, -0.1) is 4.33 Å². The van der Waals surface area contributed by atoms with Crippen LogP contribution in [0, 0.1) is 0 Å². The van der Waals surface area contributed by atoms with Gasteiger partial charge in [-0.1, -0.05) is 24.3 Å². The lowest BCUT2D eigenvalue weighted by Crippen LogP contribution is -2.45. The van der Waals surface area contributed by atoms with Gasteiger partial charge >= 0.3 is 6.09 Å². The van der Waals surface area contributed by atoms with Gasteiger partial charge in [0.2, 0.25) is 0 Å². The van der Waals surface area contributed by atoms with E-state index in [1.165, 1.54) is 6.42 Å². The molecule has 20 heavy (non-hydrogen) atoms. The number of hydrogen-bond donors (Lipinski definition) is 1. The number of rotatable bonds is 6. The first kappa shape index (κ1) is 17.6. The summed E-state index contributed by atoms with van der Waals surface area (Å²) >= 11 is 0.959. The Labute approximate surface area is 124 Å². The van der Waals surface area contributed by atoms with E-state index in [1.807, 2.05) is 20.8 Å². The summed E-state index contributed by atoms with van der Waals surface area (Å²) in [6, 6.07) is 0.231. The molecule has 0 aromatic carbocycles. The van der Waals surface area contributed by atoms with E-state index >= 15 is 0 Å². The third-order valence-electron chi connectivity index (χ3n) is 3.14. The van der Waals surface area contributed by atoms with Crippen LogP contribution in [0.2, 0.25) is 0 Å². The van der Waals surface area contributed by atoms with Gasteiger partial charge in [-0.3, -0.25) is 0 Å². The zero-order valence-corrected chi connectivity index (χ0v) is 13.3. The van der Waals surface area contributed by atoms with Crippen molar-refractivity contribution in [3.8, 4) is 0 Å². The van der Waals surface area contributed by atoms with Gasteiger partial charge in [-0.25, -0.2) is 10.1 Å². The van der Waals surface area contributed by atoms with Crippen LogP contribution in [-0.4, -0.2) is 40.2 Å². The molecule has 0 atom stereocenters. The van der Waals surface area contributed by atoms with E-state index in [2.05, 4.69) is 9.37 Å². The Bertz CT molecular complexity index is 289. The van der Waals surface area contributed by atoms with E-state index in [1.54, 1.807) is 4.90 Å². The highest BCUT2D eigenvalue weighted by Gasteiger charge is 2.29. The van der Waals surface area contributed by atoms with Crippen LogP contribution < -0.4 is 0 Å². The van der Waals surface area contributed by atoms with E-state index < -0.39 is 5.60 Å². The van der Waals surface area contributed by atoms with Crippen molar-refractivity contribution in [3.05, 3.63) is 0 Å². The molecule has 1 rings (SSSR count). The molecule has 1 amide bonds. The van der Waals surface area contributed by atoms with Crippen LogP contribution in [0.3, 0.4) is 0 Å². The fourth-order valence-corrected chi connectivity index (χ4v) is 2.71. The van der Waals surface area contributed by atoms with E-state index in [0.29, 0.717) is 12.3 Å². The first-order chi connectivity index (χ1) is 9.44. The van der Waals surface area contributed by atoms with E-state index in [-0.39, 0.29) is 12.1 Å². The van der Waals surface area contributed by atoms with Crippen molar-refractivity contribution in [3.63, 3.8) is 0 Å². The quantitative estimate of drug-likeness (QED) is 0.350. The molecule has 0 radical (unpaired) electrons. The lowest BCUT2D eigenvalue weighted by Gasteiger charge is -2.35. The molecule has 1 fully saturated rings. The molecule has 0 aromatic heterocycles. The third kappa shape index (κ3) is 6.78. The topological polar surface area (TPSA) is 68.2 Å². The molecule has 0 unspecified atom stereocenters. The first-order valence-electron chi connectivity index (χ1n) is 7.03. The number of ether oxygens (including phenoxy) is 1. The van der Waals surface area contributed by atoms with E-state index in [4.69, 9.17) is 9.99 Å². The van der Waals surface area contributed by atoms with Crippen molar-refractivity contribution in [2.45, 2.75) is 64.5 Å². The van der Waals surface area contributed by atoms with Crippen molar-refractivity contribution in [2.75, 3.05) is 12.3 Å². The average molecular weight is 307 g/mol. The second-order valence-corrected chi connectivity index (χ2v) is 6.71. The van der Waals surface area contributed by atoms with Crippen molar-refractivity contribution in [2.24, 2.45) is 0 Å². The van der Waals surface area contributed by atoms with Crippen LogP contribution in [-0.2, 0) is 14.1 Å². The van der Waals surface area contributed by atoms with Crippen molar-refractivity contribution >= 4 is 18.1 Å². The maximum absolute atomic E-state index is 12.3. The summed E-state index contributed by atoms with van der Waals surface area (Å²) in [7, 11) is 0. The van der Waals surface area contributed by atoms with Gasteiger partial charge in [0.1, 0.15) is 5.60 Å². The number of carbonyl (C=O) groups excluding carboxylic acids is 1. The Morgan fingerprint density at radius 2 is 1.95 bits per heavy atom. The highest BCUT2D eigenvalue weighted by molar-refractivity contribution is 7.94. The monoisotopic (exact) mass is 307 g/mol. The molecular weight excluding hydrogens is 282 g/mol. The van der Waals surface area contributed by atoms with Gasteiger partial charge in [0.25, 0.3) is 0 Å². The van der Waals surface area contributed by atoms with Crippen molar-refractivity contribution in [1.29, 1.82) is 0 Å². The van der Waals surface area contributed by atoms with Crippen LogP contribution in [0.1, 0.15) is 52.9 Å². The molecule has 0 aromatic rings. The van der Waals surface area contributed by atoms with E-state index in [9.17, 15) is 4.79 Å². The molecule has 0 aliphatic heterocycles. The summed E-state index contributed by atoms with van der Waals surface area (Å²) in [6.45, 7) is 6.10. The lowest BCUT2D eigenvalue weighted by molar-refractivity contribution is -0.432. The second-order valence-electron chi connectivity index (χ2n) is 5.93. The standard InChI is InChI=1S/C13H25NO5S/c1-13(2,3)17-12(15)14(9-10-20-19-18-16)11-7-5-4-6-8-11/h11,16H,4-10H2,1-3H3. The molecule has 7 heteroatoms. The normalized spacial score (nSPS) is 17.0.